The minimum atomic E-state index is -0.130. The predicted molar refractivity (Wildman–Crippen MR) is 43.4 cm³/mol. The monoisotopic (exact) mass is 167 g/mol. The van der Waals surface area contributed by atoms with Crippen molar-refractivity contribution in [1.29, 1.82) is 5.26 Å². The Balaban J connectivity index is 2.47. The first-order valence-corrected chi connectivity index (χ1v) is 4.18. The SMILES string of the molecule is N#CC1CCCC(C(=O)NN)C1. The molecular weight excluding hydrogens is 154 g/mol. The summed E-state index contributed by atoms with van der Waals surface area (Å²) in [6, 6.07) is 2.19. The van der Waals surface area contributed by atoms with Crippen molar-refractivity contribution in [3.05, 3.63) is 0 Å². The fourth-order valence-electron chi connectivity index (χ4n) is 1.66. The van der Waals surface area contributed by atoms with Crippen LogP contribution in [-0.2, 0) is 4.79 Å². The van der Waals surface area contributed by atoms with Crippen molar-refractivity contribution >= 4 is 5.91 Å². The van der Waals surface area contributed by atoms with Gasteiger partial charge >= 0.3 is 0 Å². The Bertz CT molecular complexity index is 209. The van der Waals surface area contributed by atoms with Crippen molar-refractivity contribution in [2.24, 2.45) is 17.7 Å². The number of nitrogens with zero attached hydrogens (tertiary/aromatic N) is 1. The van der Waals surface area contributed by atoms with E-state index >= 15 is 0 Å². The first-order chi connectivity index (χ1) is 5.77. The summed E-state index contributed by atoms with van der Waals surface area (Å²) in [6.07, 6.45) is 3.40. The molecule has 0 saturated heterocycles. The number of hydrogen-bond acceptors (Lipinski definition) is 3. The number of hydrazine groups is 1. The molecule has 0 spiro atoms. The van der Waals surface area contributed by atoms with Crippen LogP contribution >= 0.6 is 0 Å². The Hall–Kier alpha value is -1.08. The number of hydrogen-bond donors (Lipinski definition) is 2. The van der Waals surface area contributed by atoms with Gasteiger partial charge in [0.25, 0.3) is 0 Å². The van der Waals surface area contributed by atoms with E-state index in [9.17, 15) is 4.79 Å². The molecule has 12 heavy (non-hydrogen) atoms. The number of carbonyl (C=O) groups is 1. The van der Waals surface area contributed by atoms with Gasteiger partial charge in [-0.15, -0.1) is 0 Å². The summed E-state index contributed by atoms with van der Waals surface area (Å²) in [4.78, 5) is 11.1. The van der Waals surface area contributed by atoms with Gasteiger partial charge in [0.05, 0.1) is 6.07 Å². The molecule has 1 aliphatic rings. The van der Waals surface area contributed by atoms with Crippen LogP contribution < -0.4 is 11.3 Å². The number of nitriles is 1. The smallest absolute Gasteiger partial charge is 0.237 e. The molecule has 0 aromatic rings. The molecule has 1 fully saturated rings. The highest BCUT2D eigenvalue weighted by molar-refractivity contribution is 5.78. The zero-order chi connectivity index (χ0) is 8.97. The maximum Gasteiger partial charge on any atom is 0.237 e. The van der Waals surface area contributed by atoms with Crippen LogP contribution in [0.2, 0.25) is 0 Å². The number of amides is 1. The minimum absolute atomic E-state index is 0.0426. The van der Waals surface area contributed by atoms with Gasteiger partial charge in [0.1, 0.15) is 0 Å². The second-order valence-corrected chi connectivity index (χ2v) is 3.20. The highest BCUT2D eigenvalue weighted by Gasteiger charge is 2.26. The second kappa shape index (κ2) is 4.07. The van der Waals surface area contributed by atoms with Gasteiger partial charge in [-0.25, -0.2) is 5.84 Å². The quantitative estimate of drug-likeness (QED) is 0.335. The predicted octanol–water partition coefficient (Wildman–Crippen LogP) is 0.306. The molecule has 0 aliphatic heterocycles. The molecule has 2 unspecified atom stereocenters. The lowest BCUT2D eigenvalue weighted by atomic mass is 9.82. The second-order valence-electron chi connectivity index (χ2n) is 3.20. The van der Waals surface area contributed by atoms with Crippen LogP contribution in [-0.4, -0.2) is 5.91 Å². The Kier molecular flexibility index (Phi) is 3.06. The summed E-state index contributed by atoms with van der Waals surface area (Å²) in [6.45, 7) is 0. The summed E-state index contributed by atoms with van der Waals surface area (Å²) >= 11 is 0. The molecule has 1 saturated carbocycles. The first kappa shape index (κ1) is 9.01. The number of rotatable bonds is 1. The topological polar surface area (TPSA) is 78.9 Å². The van der Waals surface area contributed by atoms with Crippen LogP contribution in [0.4, 0.5) is 0 Å². The zero-order valence-electron chi connectivity index (χ0n) is 6.92. The van der Waals surface area contributed by atoms with Crippen molar-refractivity contribution in [2.45, 2.75) is 25.7 Å². The van der Waals surface area contributed by atoms with Crippen LogP contribution in [0.3, 0.4) is 0 Å². The van der Waals surface area contributed by atoms with E-state index in [0.29, 0.717) is 6.42 Å². The Morgan fingerprint density at radius 1 is 1.58 bits per heavy atom. The van der Waals surface area contributed by atoms with Crippen LogP contribution in [0.25, 0.3) is 0 Å². The lowest BCUT2D eigenvalue weighted by Crippen LogP contribution is -2.37. The van der Waals surface area contributed by atoms with E-state index in [-0.39, 0.29) is 17.7 Å². The van der Waals surface area contributed by atoms with Gasteiger partial charge in [-0.2, -0.15) is 5.26 Å². The molecule has 0 aromatic heterocycles. The van der Waals surface area contributed by atoms with Crippen molar-refractivity contribution in [3.63, 3.8) is 0 Å². The molecule has 4 heteroatoms. The van der Waals surface area contributed by atoms with E-state index in [4.69, 9.17) is 11.1 Å². The van der Waals surface area contributed by atoms with Gasteiger partial charge in [-0.1, -0.05) is 6.42 Å². The summed E-state index contributed by atoms with van der Waals surface area (Å²) < 4.78 is 0. The van der Waals surface area contributed by atoms with Crippen LogP contribution in [0, 0.1) is 23.2 Å². The highest BCUT2D eigenvalue weighted by atomic mass is 16.2. The Labute approximate surface area is 71.7 Å². The van der Waals surface area contributed by atoms with Crippen LogP contribution in [0.15, 0.2) is 0 Å². The van der Waals surface area contributed by atoms with Crippen molar-refractivity contribution in [2.75, 3.05) is 0 Å². The van der Waals surface area contributed by atoms with E-state index < -0.39 is 0 Å². The number of nitrogens with two attached hydrogens (primary N) is 1. The fourth-order valence-corrected chi connectivity index (χ4v) is 1.66. The molecule has 2 atom stereocenters. The van der Waals surface area contributed by atoms with Gasteiger partial charge in [-0.05, 0) is 19.3 Å². The molecule has 1 aliphatic carbocycles. The molecule has 0 aromatic carbocycles. The van der Waals surface area contributed by atoms with Gasteiger partial charge in [0, 0.05) is 11.8 Å². The van der Waals surface area contributed by atoms with Gasteiger partial charge in [-0.3, -0.25) is 10.2 Å². The normalized spacial score (nSPS) is 29.0. The molecule has 3 N–H and O–H groups in total. The Morgan fingerprint density at radius 3 is 2.92 bits per heavy atom. The van der Waals surface area contributed by atoms with Crippen molar-refractivity contribution in [1.82, 2.24) is 5.43 Å². The highest BCUT2D eigenvalue weighted by Crippen LogP contribution is 2.28. The third-order valence-corrected chi connectivity index (χ3v) is 2.37. The fraction of sp³-hybridized carbons (Fsp3) is 0.750. The summed E-state index contributed by atoms with van der Waals surface area (Å²) in [5.74, 6) is 4.87. The van der Waals surface area contributed by atoms with Crippen molar-refractivity contribution < 1.29 is 4.79 Å². The third-order valence-electron chi connectivity index (χ3n) is 2.37. The van der Waals surface area contributed by atoms with E-state index in [2.05, 4.69) is 11.5 Å². The molecule has 0 heterocycles. The van der Waals surface area contributed by atoms with Gasteiger partial charge < -0.3 is 0 Å². The molecule has 1 amide bonds. The molecule has 4 nitrogen and oxygen atoms in total. The zero-order valence-corrected chi connectivity index (χ0v) is 6.92. The Morgan fingerprint density at radius 2 is 2.33 bits per heavy atom. The van der Waals surface area contributed by atoms with E-state index in [1.807, 2.05) is 0 Å². The first-order valence-electron chi connectivity index (χ1n) is 4.18. The number of nitrogens with one attached hydrogen (secondary N) is 1. The average molecular weight is 167 g/mol. The van der Waals surface area contributed by atoms with E-state index in [1.54, 1.807) is 0 Å². The molecule has 1 rings (SSSR count). The van der Waals surface area contributed by atoms with Crippen LogP contribution in [0.1, 0.15) is 25.7 Å². The van der Waals surface area contributed by atoms with Gasteiger partial charge in [0.2, 0.25) is 5.91 Å². The lowest BCUT2D eigenvalue weighted by Gasteiger charge is -2.23. The van der Waals surface area contributed by atoms with Gasteiger partial charge in [0.15, 0.2) is 0 Å². The molecule has 0 bridgehead atoms. The van der Waals surface area contributed by atoms with Crippen LogP contribution in [0.5, 0.6) is 0 Å². The minimum Gasteiger partial charge on any atom is -0.294 e. The van der Waals surface area contributed by atoms with Crippen molar-refractivity contribution in [3.8, 4) is 6.07 Å². The number of carbonyl (C=O) groups excluding carboxylic acids is 1. The van der Waals surface area contributed by atoms with E-state index in [0.717, 1.165) is 19.3 Å². The summed E-state index contributed by atoms with van der Waals surface area (Å²) in [5, 5.41) is 8.65. The third kappa shape index (κ3) is 1.95. The maximum absolute atomic E-state index is 11.1. The molecule has 0 radical (unpaired) electrons. The summed E-state index contributed by atoms with van der Waals surface area (Å²) in [7, 11) is 0. The maximum atomic E-state index is 11.1. The largest absolute Gasteiger partial charge is 0.294 e. The average Bonchev–Trinajstić information content (AvgIpc) is 2.17. The lowest BCUT2D eigenvalue weighted by molar-refractivity contribution is -0.126. The summed E-state index contributed by atoms with van der Waals surface area (Å²) in [5.41, 5.74) is 2.13. The molecular formula is C8H13N3O. The molecule has 66 valence electrons. The standard InChI is InChI=1S/C8H13N3O/c9-5-6-2-1-3-7(4-6)8(12)11-10/h6-7H,1-4,10H2,(H,11,12). The van der Waals surface area contributed by atoms with E-state index in [1.165, 1.54) is 0 Å².